The lowest BCUT2D eigenvalue weighted by Gasteiger charge is -2.04. The molecule has 104 valence electrons. The summed E-state index contributed by atoms with van der Waals surface area (Å²) in [7, 11) is 1.30. The van der Waals surface area contributed by atoms with Crippen molar-refractivity contribution in [1.29, 1.82) is 0 Å². The minimum atomic E-state index is -0.547. The number of benzene rings is 1. The first kappa shape index (κ1) is 13.9. The number of thiophene rings is 1. The van der Waals surface area contributed by atoms with E-state index in [2.05, 4.69) is 10.1 Å². The molecular formula is C13H13N3O3S. The van der Waals surface area contributed by atoms with E-state index in [1.54, 1.807) is 30.3 Å². The fourth-order valence-electron chi connectivity index (χ4n) is 1.63. The Hall–Kier alpha value is -2.54. The van der Waals surface area contributed by atoms with E-state index in [1.807, 2.05) is 0 Å². The molecule has 0 saturated heterocycles. The van der Waals surface area contributed by atoms with Crippen molar-refractivity contribution in [3.63, 3.8) is 0 Å². The molecule has 0 atom stereocenters. The smallest absolute Gasteiger partial charge is 0.411 e. The molecule has 0 spiro atoms. The molecule has 2 rings (SSSR count). The highest BCUT2D eigenvalue weighted by molar-refractivity contribution is 7.19. The lowest BCUT2D eigenvalue weighted by molar-refractivity contribution is 0.100. The second-order valence-corrected chi connectivity index (χ2v) is 5.03. The SMILES string of the molecule is COC(=O)Nc1ccc(-c2cc(C(N)=O)c(N)s2)cc1. The Kier molecular flexibility index (Phi) is 3.90. The van der Waals surface area contributed by atoms with Crippen LogP contribution in [0.1, 0.15) is 10.4 Å². The Morgan fingerprint density at radius 2 is 1.90 bits per heavy atom. The van der Waals surface area contributed by atoms with Gasteiger partial charge in [0.2, 0.25) is 0 Å². The molecule has 0 fully saturated rings. The fraction of sp³-hybridized carbons (Fsp3) is 0.0769. The maximum absolute atomic E-state index is 11.2. The van der Waals surface area contributed by atoms with Gasteiger partial charge in [-0.25, -0.2) is 4.79 Å². The highest BCUT2D eigenvalue weighted by Gasteiger charge is 2.12. The van der Waals surface area contributed by atoms with Crippen LogP contribution in [-0.2, 0) is 4.74 Å². The van der Waals surface area contributed by atoms with Crippen LogP contribution in [-0.4, -0.2) is 19.1 Å². The van der Waals surface area contributed by atoms with Gasteiger partial charge in [0.1, 0.15) is 0 Å². The third kappa shape index (κ3) is 2.89. The zero-order chi connectivity index (χ0) is 14.7. The Morgan fingerprint density at radius 3 is 2.40 bits per heavy atom. The number of nitrogen functional groups attached to an aromatic ring is 1. The molecule has 1 aromatic carbocycles. The predicted octanol–water partition coefficient (Wildman–Crippen LogP) is 2.27. The highest BCUT2D eigenvalue weighted by Crippen LogP contribution is 2.33. The first-order valence-corrected chi connectivity index (χ1v) is 6.47. The van der Waals surface area contributed by atoms with E-state index in [4.69, 9.17) is 11.5 Å². The monoisotopic (exact) mass is 291 g/mol. The molecule has 0 unspecified atom stereocenters. The summed E-state index contributed by atoms with van der Waals surface area (Å²) in [6, 6.07) is 8.73. The van der Waals surface area contributed by atoms with Crippen molar-refractivity contribution >= 4 is 34.0 Å². The number of methoxy groups -OCH3 is 1. The predicted molar refractivity (Wildman–Crippen MR) is 78.7 cm³/mol. The zero-order valence-corrected chi connectivity index (χ0v) is 11.5. The topological polar surface area (TPSA) is 107 Å². The molecule has 0 radical (unpaired) electrons. The first-order valence-electron chi connectivity index (χ1n) is 5.65. The first-order chi connectivity index (χ1) is 9.51. The Morgan fingerprint density at radius 1 is 1.25 bits per heavy atom. The van der Waals surface area contributed by atoms with E-state index in [-0.39, 0.29) is 0 Å². The van der Waals surface area contributed by atoms with Crippen LogP contribution in [0.5, 0.6) is 0 Å². The van der Waals surface area contributed by atoms with Gasteiger partial charge in [-0.05, 0) is 23.8 Å². The molecule has 0 aliphatic carbocycles. The van der Waals surface area contributed by atoms with E-state index < -0.39 is 12.0 Å². The molecule has 1 heterocycles. The van der Waals surface area contributed by atoms with Gasteiger partial charge >= 0.3 is 6.09 Å². The van der Waals surface area contributed by atoms with Crippen LogP contribution in [0, 0.1) is 0 Å². The summed E-state index contributed by atoms with van der Waals surface area (Å²) < 4.78 is 4.50. The van der Waals surface area contributed by atoms with Gasteiger partial charge in [-0.2, -0.15) is 0 Å². The molecule has 0 aliphatic heterocycles. The molecule has 1 aromatic heterocycles. The molecule has 0 aliphatic rings. The van der Waals surface area contributed by atoms with Crippen LogP contribution in [0.4, 0.5) is 15.5 Å². The van der Waals surface area contributed by atoms with Gasteiger partial charge in [0.25, 0.3) is 5.91 Å². The van der Waals surface area contributed by atoms with E-state index in [9.17, 15) is 9.59 Å². The van der Waals surface area contributed by atoms with Crippen molar-refractivity contribution < 1.29 is 14.3 Å². The van der Waals surface area contributed by atoms with Gasteiger partial charge in [-0.15, -0.1) is 11.3 Å². The molecular weight excluding hydrogens is 278 g/mol. The van der Waals surface area contributed by atoms with Gasteiger partial charge in [0, 0.05) is 10.6 Å². The van der Waals surface area contributed by atoms with Crippen molar-refractivity contribution in [3.8, 4) is 10.4 Å². The number of nitrogens with two attached hydrogens (primary N) is 2. The summed E-state index contributed by atoms with van der Waals surface area (Å²) in [4.78, 5) is 23.1. The van der Waals surface area contributed by atoms with Crippen molar-refractivity contribution in [2.24, 2.45) is 5.73 Å². The number of amides is 2. The zero-order valence-electron chi connectivity index (χ0n) is 10.7. The third-order valence-electron chi connectivity index (χ3n) is 2.63. The van der Waals surface area contributed by atoms with E-state index >= 15 is 0 Å². The Bertz CT molecular complexity index is 649. The normalized spacial score (nSPS) is 10.1. The number of hydrogen-bond donors (Lipinski definition) is 3. The number of primary amides is 1. The number of rotatable bonds is 3. The second kappa shape index (κ2) is 5.62. The molecule has 2 amide bonds. The number of hydrogen-bond acceptors (Lipinski definition) is 5. The molecule has 6 nitrogen and oxygen atoms in total. The maximum atomic E-state index is 11.2. The number of ether oxygens (including phenoxy) is 1. The summed E-state index contributed by atoms with van der Waals surface area (Å²) in [6.07, 6.45) is -0.533. The Labute approximate surface area is 119 Å². The quantitative estimate of drug-likeness (QED) is 0.806. The lowest BCUT2D eigenvalue weighted by Crippen LogP contribution is -2.11. The van der Waals surface area contributed by atoms with Gasteiger partial charge in [-0.3, -0.25) is 10.1 Å². The van der Waals surface area contributed by atoms with Gasteiger partial charge in [-0.1, -0.05) is 12.1 Å². The van der Waals surface area contributed by atoms with Crippen LogP contribution in [0.2, 0.25) is 0 Å². The summed E-state index contributed by atoms with van der Waals surface area (Å²) in [5.74, 6) is -0.547. The average Bonchev–Trinajstić information content (AvgIpc) is 2.81. The molecule has 0 saturated carbocycles. The van der Waals surface area contributed by atoms with Crippen LogP contribution in [0.3, 0.4) is 0 Å². The van der Waals surface area contributed by atoms with Gasteiger partial charge in [0.05, 0.1) is 17.7 Å². The minimum Gasteiger partial charge on any atom is -0.453 e. The number of anilines is 2. The van der Waals surface area contributed by atoms with Crippen LogP contribution >= 0.6 is 11.3 Å². The summed E-state index contributed by atoms with van der Waals surface area (Å²) in [5, 5.41) is 2.94. The van der Waals surface area contributed by atoms with E-state index in [1.165, 1.54) is 18.4 Å². The van der Waals surface area contributed by atoms with Gasteiger partial charge < -0.3 is 16.2 Å². The fourth-order valence-corrected chi connectivity index (χ4v) is 2.56. The number of nitrogens with one attached hydrogen (secondary N) is 1. The molecule has 7 heteroatoms. The molecule has 0 bridgehead atoms. The van der Waals surface area contributed by atoms with Crippen molar-refractivity contribution in [1.82, 2.24) is 0 Å². The number of carbonyl (C=O) groups is 2. The Balaban J connectivity index is 2.24. The summed E-state index contributed by atoms with van der Waals surface area (Å²) in [5.41, 5.74) is 12.8. The minimum absolute atomic E-state index is 0.321. The highest BCUT2D eigenvalue weighted by atomic mass is 32.1. The van der Waals surface area contributed by atoms with E-state index in [0.717, 1.165) is 10.4 Å². The van der Waals surface area contributed by atoms with Crippen LogP contribution < -0.4 is 16.8 Å². The van der Waals surface area contributed by atoms with Gasteiger partial charge in [0.15, 0.2) is 0 Å². The number of carbonyl (C=O) groups excluding carboxylic acids is 2. The standard InChI is InChI=1S/C13H13N3O3S/c1-19-13(18)16-8-4-2-7(3-5-8)10-6-9(11(14)17)12(15)20-10/h2-6H,15H2,1H3,(H2,14,17)(H,16,18). The van der Waals surface area contributed by atoms with Crippen molar-refractivity contribution in [2.75, 3.05) is 18.2 Å². The lowest BCUT2D eigenvalue weighted by atomic mass is 10.1. The molecule has 2 aromatic rings. The van der Waals surface area contributed by atoms with Crippen molar-refractivity contribution in [2.45, 2.75) is 0 Å². The van der Waals surface area contributed by atoms with Crippen LogP contribution in [0.25, 0.3) is 10.4 Å². The summed E-state index contributed by atoms with van der Waals surface area (Å²) >= 11 is 1.28. The van der Waals surface area contributed by atoms with E-state index in [0.29, 0.717) is 16.3 Å². The van der Waals surface area contributed by atoms with Crippen molar-refractivity contribution in [3.05, 3.63) is 35.9 Å². The summed E-state index contributed by atoms with van der Waals surface area (Å²) in [6.45, 7) is 0. The molecule has 20 heavy (non-hydrogen) atoms. The average molecular weight is 291 g/mol. The second-order valence-electron chi connectivity index (χ2n) is 3.95. The largest absolute Gasteiger partial charge is 0.453 e. The van der Waals surface area contributed by atoms with Crippen LogP contribution in [0.15, 0.2) is 30.3 Å². The third-order valence-corrected chi connectivity index (χ3v) is 3.64. The maximum Gasteiger partial charge on any atom is 0.411 e. The molecule has 5 N–H and O–H groups in total.